The van der Waals surface area contributed by atoms with E-state index in [1.165, 1.54) is 14.2 Å². The normalized spacial score (nSPS) is 10.6. The Hall–Kier alpha value is -1.76. The number of rotatable bonds is 5. The molecule has 5 nitrogen and oxygen atoms in total. The number of nitrogens with zero attached hydrogens (tertiary/aromatic N) is 1. The van der Waals surface area contributed by atoms with Crippen LogP contribution in [0.1, 0.15) is 23.4 Å². The van der Waals surface area contributed by atoms with Gasteiger partial charge in [-0.2, -0.15) is 0 Å². The first kappa shape index (κ1) is 14.3. The van der Waals surface area contributed by atoms with Gasteiger partial charge >= 0.3 is 5.97 Å². The Kier molecular flexibility index (Phi) is 4.96. The zero-order valence-corrected chi connectivity index (χ0v) is 10.1. The number of hydrogen-bond donors (Lipinski definition) is 1. The van der Waals surface area contributed by atoms with Gasteiger partial charge in [-0.05, 0) is 0 Å². The molecule has 0 aliphatic carbocycles. The Bertz CT molecular complexity index is 439. The minimum absolute atomic E-state index is 0.0337. The number of carbonyl (C=O) groups excluding carboxylic acids is 1. The first-order valence-corrected chi connectivity index (χ1v) is 5.15. The van der Waals surface area contributed by atoms with Crippen molar-refractivity contribution in [1.82, 2.24) is 4.98 Å². The molecule has 100 valence electrons. The zero-order valence-electron chi connectivity index (χ0n) is 10.1. The number of alkyl halides is 2. The van der Waals surface area contributed by atoms with Gasteiger partial charge in [-0.15, -0.1) is 0 Å². The van der Waals surface area contributed by atoms with Gasteiger partial charge in [-0.3, -0.25) is 9.78 Å². The van der Waals surface area contributed by atoms with Crippen LogP contribution in [0.3, 0.4) is 0 Å². The lowest BCUT2D eigenvalue weighted by Gasteiger charge is -2.13. The van der Waals surface area contributed by atoms with Crippen LogP contribution < -0.4 is 10.5 Å². The van der Waals surface area contributed by atoms with Gasteiger partial charge in [0.2, 0.25) is 0 Å². The van der Waals surface area contributed by atoms with E-state index >= 15 is 0 Å². The van der Waals surface area contributed by atoms with E-state index in [0.29, 0.717) is 5.56 Å². The van der Waals surface area contributed by atoms with Crippen molar-refractivity contribution in [1.29, 1.82) is 0 Å². The molecule has 0 saturated carbocycles. The maximum Gasteiger partial charge on any atom is 0.311 e. The van der Waals surface area contributed by atoms with E-state index < -0.39 is 18.1 Å². The maximum atomic E-state index is 12.7. The van der Waals surface area contributed by atoms with E-state index in [-0.39, 0.29) is 24.4 Å². The molecule has 1 heterocycles. The minimum atomic E-state index is -2.75. The molecule has 2 N–H and O–H groups in total. The third kappa shape index (κ3) is 3.13. The Balaban J connectivity index is 3.26. The standard InChI is InChI=1S/C11H14F2N2O3/c1-17-9-3-8(11(12)13)15-7(6(9)5-14)4-10(16)18-2/h3,11H,4-5,14H2,1-2H3. The Morgan fingerprint density at radius 3 is 2.61 bits per heavy atom. The van der Waals surface area contributed by atoms with Crippen molar-refractivity contribution in [3.63, 3.8) is 0 Å². The topological polar surface area (TPSA) is 74.4 Å². The van der Waals surface area contributed by atoms with Gasteiger partial charge in [0.1, 0.15) is 11.4 Å². The van der Waals surface area contributed by atoms with Crippen LogP contribution in [0, 0.1) is 0 Å². The van der Waals surface area contributed by atoms with E-state index in [1.54, 1.807) is 0 Å². The van der Waals surface area contributed by atoms with E-state index in [9.17, 15) is 13.6 Å². The number of halogens is 2. The smallest absolute Gasteiger partial charge is 0.311 e. The molecule has 1 aromatic heterocycles. The van der Waals surface area contributed by atoms with Gasteiger partial charge in [-0.25, -0.2) is 8.78 Å². The maximum absolute atomic E-state index is 12.7. The molecule has 1 aromatic rings. The second kappa shape index (κ2) is 6.25. The molecule has 0 aliphatic rings. The highest BCUT2D eigenvalue weighted by atomic mass is 19.3. The molecule has 0 aliphatic heterocycles. The number of methoxy groups -OCH3 is 2. The molecular formula is C11H14F2N2O3. The minimum Gasteiger partial charge on any atom is -0.496 e. The lowest BCUT2D eigenvalue weighted by molar-refractivity contribution is -0.139. The quantitative estimate of drug-likeness (QED) is 0.805. The molecular weight excluding hydrogens is 246 g/mol. The number of ether oxygens (including phenoxy) is 2. The van der Waals surface area contributed by atoms with Crippen LogP contribution in [0.15, 0.2) is 6.07 Å². The number of pyridine rings is 1. The fourth-order valence-corrected chi connectivity index (χ4v) is 1.49. The molecule has 18 heavy (non-hydrogen) atoms. The summed E-state index contributed by atoms with van der Waals surface area (Å²) < 4.78 is 34.8. The van der Waals surface area contributed by atoms with Gasteiger partial charge in [-0.1, -0.05) is 0 Å². The van der Waals surface area contributed by atoms with Crippen LogP contribution in [0.4, 0.5) is 8.78 Å². The summed E-state index contributed by atoms with van der Waals surface area (Å²) in [7, 11) is 2.55. The molecule has 0 radical (unpaired) electrons. The lowest BCUT2D eigenvalue weighted by atomic mass is 10.1. The fourth-order valence-electron chi connectivity index (χ4n) is 1.49. The molecule has 0 atom stereocenters. The van der Waals surface area contributed by atoms with Crippen molar-refractivity contribution >= 4 is 5.97 Å². The molecule has 0 unspecified atom stereocenters. The van der Waals surface area contributed by atoms with E-state index in [1.807, 2.05) is 0 Å². The first-order chi connectivity index (χ1) is 8.53. The zero-order chi connectivity index (χ0) is 13.7. The third-order valence-electron chi connectivity index (χ3n) is 2.38. The number of carbonyl (C=O) groups is 1. The van der Waals surface area contributed by atoms with Gasteiger partial charge in [0.15, 0.2) is 0 Å². The first-order valence-electron chi connectivity index (χ1n) is 5.15. The highest BCUT2D eigenvalue weighted by Gasteiger charge is 2.19. The lowest BCUT2D eigenvalue weighted by Crippen LogP contribution is -2.13. The number of hydrogen-bond acceptors (Lipinski definition) is 5. The van der Waals surface area contributed by atoms with Gasteiger partial charge in [0.25, 0.3) is 6.43 Å². The van der Waals surface area contributed by atoms with Crippen molar-refractivity contribution in [3.05, 3.63) is 23.0 Å². The molecule has 0 saturated heterocycles. The molecule has 7 heteroatoms. The van der Waals surface area contributed by atoms with Crippen molar-refractivity contribution < 1.29 is 23.0 Å². The molecule has 0 amide bonds. The average molecular weight is 260 g/mol. The highest BCUT2D eigenvalue weighted by molar-refractivity contribution is 5.72. The summed E-state index contributed by atoms with van der Waals surface area (Å²) in [5.41, 5.74) is 5.63. The summed E-state index contributed by atoms with van der Waals surface area (Å²) in [6.45, 7) is 0.0337. The second-order valence-corrected chi connectivity index (χ2v) is 3.43. The summed E-state index contributed by atoms with van der Waals surface area (Å²) in [4.78, 5) is 14.9. The number of esters is 1. The summed E-state index contributed by atoms with van der Waals surface area (Å²) in [5, 5.41) is 0. The molecule has 0 spiro atoms. The van der Waals surface area contributed by atoms with Crippen molar-refractivity contribution in [2.24, 2.45) is 5.73 Å². The Morgan fingerprint density at radius 1 is 1.50 bits per heavy atom. The van der Waals surface area contributed by atoms with Crippen molar-refractivity contribution in [2.75, 3.05) is 14.2 Å². The summed E-state index contributed by atoms with van der Waals surface area (Å²) >= 11 is 0. The number of nitrogens with two attached hydrogens (primary N) is 1. The summed E-state index contributed by atoms with van der Waals surface area (Å²) in [6.07, 6.45) is -2.97. The van der Waals surface area contributed by atoms with Crippen LogP contribution in [-0.4, -0.2) is 25.2 Å². The second-order valence-electron chi connectivity index (χ2n) is 3.43. The van der Waals surface area contributed by atoms with Crippen LogP contribution >= 0.6 is 0 Å². The van der Waals surface area contributed by atoms with Crippen LogP contribution in [0.25, 0.3) is 0 Å². The van der Waals surface area contributed by atoms with Gasteiger partial charge in [0, 0.05) is 18.2 Å². The Labute approximate surface area is 103 Å². The van der Waals surface area contributed by atoms with Crippen LogP contribution in [0.5, 0.6) is 5.75 Å². The van der Waals surface area contributed by atoms with Crippen molar-refractivity contribution in [3.8, 4) is 5.75 Å². The third-order valence-corrected chi connectivity index (χ3v) is 2.38. The van der Waals surface area contributed by atoms with Crippen LogP contribution in [0.2, 0.25) is 0 Å². The fraction of sp³-hybridized carbons (Fsp3) is 0.455. The monoisotopic (exact) mass is 260 g/mol. The predicted molar refractivity (Wildman–Crippen MR) is 59.4 cm³/mol. The highest BCUT2D eigenvalue weighted by Crippen LogP contribution is 2.27. The summed E-state index contributed by atoms with van der Waals surface area (Å²) in [5.74, 6) is -0.382. The van der Waals surface area contributed by atoms with Crippen molar-refractivity contribution in [2.45, 2.75) is 19.4 Å². The molecule has 0 bridgehead atoms. The largest absolute Gasteiger partial charge is 0.496 e. The van der Waals surface area contributed by atoms with E-state index in [4.69, 9.17) is 10.5 Å². The Morgan fingerprint density at radius 2 is 2.17 bits per heavy atom. The number of aromatic nitrogens is 1. The predicted octanol–water partition coefficient (Wildman–Crippen LogP) is 1.20. The molecule has 1 rings (SSSR count). The molecule has 0 aromatic carbocycles. The summed E-state index contributed by atoms with van der Waals surface area (Å²) in [6, 6.07) is 1.12. The average Bonchev–Trinajstić information content (AvgIpc) is 2.37. The van der Waals surface area contributed by atoms with Gasteiger partial charge in [0.05, 0.1) is 26.3 Å². The van der Waals surface area contributed by atoms with E-state index in [2.05, 4.69) is 9.72 Å². The van der Waals surface area contributed by atoms with Gasteiger partial charge < -0.3 is 15.2 Å². The SMILES string of the molecule is COC(=O)Cc1nc(C(F)F)cc(OC)c1CN. The van der Waals surface area contributed by atoms with Crippen LogP contribution in [-0.2, 0) is 22.5 Å². The molecule has 0 fully saturated rings. The van der Waals surface area contributed by atoms with E-state index in [0.717, 1.165) is 6.07 Å².